The quantitative estimate of drug-likeness (QED) is 0.778. The van der Waals surface area contributed by atoms with Crippen molar-refractivity contribution in [2.24, 2.45) is 10.1 Å². The molecule has 14 heavy (non-hydrogen) atoms. The van der Waals surface area contributed by atoms with Gasteiger partial charge < -0.3 is 5.73 Å². The molecule has 6 heteroatoms. The normalized spacial score (nSPS) is 11.0. The Morgan fingerprint density at radius 3 is 2.71 bits per heavy atom. The van der Waals surface area contributed by atoms with Crippen LogP contribution in [0.5, 0.6) is 0 Å². The molecule has 0 aromatic carbocycles. The smallest absolute Gasteiger partial charge is 0.252 e. The van der Waals surface area contributed by atoms with Crippen molar-refractivity contribution in [3.8, 4) is 0 Å². The van der Waals surface area contributed by atoms with E-state index in [1.54, 1.807) is 6.07 Å². The lowest BCUT2D eigenvalue weighted by Crippen LogP contribution is -2.11. The van der Waals surface area contributed by atoms with Crippen molar-refractivity contribution in [1.29, 1.82) is 0 Å². The van der Waals surface area contributed by atoms with Crippen LogP contribution in [0.2, 0.25) is 0 Å². The first kappa shape index (κ1) is 10.6. The molecule has 1 aromatic heterocycles. The predicted molar refractivity (Wildman–Crippen MR) is 54.8 cm³/mol. The maximum absolute atomic E-state index is 11.4. The standard InChI is InChI=1S/C8H11N3O2S/c1-14(2,13)11-8-6(7(9)12)4-3-5-10-8/h3-5H,1-2H3,(H2,9,12). The van der Waals surface area contributed by atoms with Crippen LogP contribution in [0.15, 0.2) is 22.7 Å². The van der Waals surface area contributed by atoms with Crippen LogP contribution >= 0.6 is 0 Å². The van der Waals surface area contributed by atoms with E-state index in [1.807, 2.05) is 0 Å². The van der Waals surface area contributed by atoms with Crippen LogP contribution in [0, 0.1) is 0 Å². The molecule has 0 atom stereocenters. The van der Waals surface area contributed by atoms with Crippen LogP contribution in [0.3, 0.4) is 0 Å². The minimum absolute atomic E-state index is 0.134. The minimum atomic E-state index is -2.33. The lowest BCUT2D eigenvalue weighted by Gasteiger charge is -2.00. The van der Waals surface area contributed by atoms with E-state index in [9.17, 15) is 9.00 Å². The van der Waals surface area contributed by atoms with E-state index in [1.165, 1.54) is 24.8 Å². The molecule has 0 radical (unpaired) electrons. The molecule has 1 aromatic rings. The fraction of sp³-hybridized carbons (Fsp3) is 0.250. The first-order valence-corrected chi connectivity index (χ1v) is 6.15. The summed E-state index contributed by atoms with van der Waals surface area (Å²) in [7, 11) is -2.33. The third kappa shape index (κ3) is 2.81. The van der Waals surface area contributed by atoms with E-state index < -0.39 is 15.6 Å². The van der Waals surface area contributed by atoms with Gasteiger partial charge in [-0.15, -0.1) is 0 Å². The number of nitrogens with two attached hydrogens (primary N) is 1. The second-order valence-electron chi connectivity index (χ2n) is 3.01. The SMILES string of the molecule is CS(C)(=O)=Nc1ncccc1C(N)=O. The number of aromatic nitrogens is 1. The molecule has 5 nitrogen and oxygen atoms in total. The first-order valence-electron chi connectivity index (χ1n) is 3.82. The largest absolute Gasteiger partial charge is 0.365 e. The van der Waals surface area contributed by atoms with E-state index in [0.717, 1.165) is 0 Å². The number of primary amides is 1. The highest BCUT2D eigenvalue weighted by Gasteiger charge is 2.08. The summed E-state index contributed by atoms with van der Waals surface area (Å²) in [5, 5.41) is 0. The molecule has 0 fully saturated rings. The molecule has 0 saturated carbocycles. The number of pyridine rings is 1. The second kappa shape index (κ2) is 3.75. The topological polar surface area (TPSA) is 85.4 Å². The summed E-state index contributed by atoms with van der Waals surface area (Å²) in [6.45, 7) is 0. The van der Waals surface area contributed by atoms with Gasteiger partial charge in [-0.1, -0.05) is 0 Å². The summed E-state index contributed by atoms with van der Waals surface area (Å²) in [6.07, 6.45) is 4.40. The molecule has 0 aliphatic carbocycles. The molecule has 1 amide bonds. The predicted octanol–water partition coefficient (Wildman–Crippen LogP) is 0.540. The highest BCUT2D eigenvalue weighted by Crippen LogP contribution is 2.15. The van der Waals surface area contributed by atoms with Gasteiger partial charge in [0.1, 0.15) is 0 Å². The van der Waals surface area contributed by atoms with Gasteiger partial charge in [-0.25, -0.2) is 9.19 Å². The molecule has 0 unspecified atom stereocenters. The van der Waals surface area contributed by atoms with Gasteiger partial charge in [-0.3, -0.25) is 4.79 Å². The number of nitrogens with zero attached hydrogens (tertiary/aromatic N) is 2. The summed E-state index contributed by atoms with van der Waals surface area (Å²) in [4.78, 5) is 14.8. The Morgan fingerprint density at radius 1 is 1.57 bits per heavy atom. The van der Waals surface area contributed by atoms with Crippen molar-refractivity contribution >= 4 is 21.5 Å². The first-order chi connectivity index (χ1) is 6.40. The maximum atomic E-state index is 11.4. The van der Waals surface area contributed by atoms with Crippen molar-refractivity contribution in [3.63, 3.8) is 0 Å². The van der Waals surface area contributed by atoms with Crippen molar-refractivity contribution in [3.05, 3.63) is 23.9 Å². The van der Waals surface area contributed by atoms with E-state index in [0.29, 0.717) is 0 Å². The fourth-order valence-electron chi connectivity index (χ4n) is 0.870. The van der Waals surface area contributed by atoms with E-state index in [-0.39, 0.29) is 11.4 Å². The highest BCUT2D eigenvalue weighted by molar-refractivity contribution is 7.92. The van der Waals surface area contributed by atoms with Gasteiger partial charge in [0.25, 0.3) is 5.91 Å². The van der Waals surface area contributed by atoms with E-state index >= 15 is 0 Å². The number of amides is 1. The average Bonchev–Trinajstić information content (AvgIpc) is 2.01. The van der Waals surface area contributed by atoms with Gasteiger partial charge in [-0.05, 0) is 12.1 Å². The molecule has 1 heterocycles. The highest BCUT2D eigenvalue weighted by atomic mass is 32.2. The van der Waals surface area contributed by atoms with Crippen LogP contribution in [0.4, 0.5) is 5.82 Å². The molecule has 0 aliphatic rings. The van der Waals surface area contributed by atoms with Crippen LogP contribution < -0.4 is 5.73 Å². The summed E-state index contributed by atoms with van der Waals surface area (Å²) in [5.74, 6) is -0.490. The molecule has 1 rings (SSSR count). The number of carbonyl (C=O) groups excluding carboxylic acids is 1. The van der Waals surface area contributed by atoms with Gasteiger partial charge in [0.05, 0.1) is 5.56 Å². The molecule has 0 aliphatic heterocycles. The van der Waals surface area contributed by atoms with E-state index in [4.69, 9.17) is 5.73 Å². The zero-order valence-electron chi connectivity index (χ0n) is 7.93. The Kier molecular flexibility index (Phi) is 2.85. The van der Waals surface area contributed by atoms with Gasteiger partial charge in [-0.2, -0.15) is 4.36 Å². The van der Waals surface area contributed by atoms with Crippen molar-refractivity contribution < 1.29 is 9.00 Å². The lowest BCUT2D eigenvalue weighted by atomic mass is 10.2. The second-order valence-corrected chi connectivity index (χ2v) is 5.56. The molecule has 0 bridgehead atoms. The van der Waals surface area contributed by atoms with E-state index in [2.05, 4.69) is 9.35 Å². The molecule has 0 saturated heterocycles. The Morgan fingerprint density at radius 2 is 2.21 bits per heavy atom. The summed E-state index contributed by atoms with van der Waals surface area (Å²) in [6, 6.07) is 3.07. The van der Waals surface area contributed by atoms with Crippen molar-refractivity contribution in [1.82, 2.24) is 4.98 Å². The average molecular weight is 213 g/mol. The van der Waals surface area contributed by atoms with Gasteiger partial charge in [0.15, 0.2) is 5.82 Å². The Balaban J connectivity index is 3.36. The van der Waals surface area contributed by atoms with Gasteiger partial charge in [0.2, 0.25) is 0 Å². The van der Waals surface area contributed by atoms with Gasteiger partial charge in [0, 0.05) is 28.4 Å². The summed E-state index contributed by atoms with van der Waals surface area (Å²) >= 11 is 0. The van der Waals surface area contributed by atoms with Crippen LogP contribution in [-0.2, 0) is 9.73 Å². The number of hydrogen-bond acceptors (Lipinski definition) is 4. The van der Waals surface area contributed by atoms with Crippen molar-refractivity contribution in [2.75, 3.05) is 12.5 Å². The minimum Gasteiger partial charge on any atom is -0.365 e. The third-order valence-electron chi connectivity index (χ3n) is 1.36. The summed E-state index contributed by atoms with van der Waals surface area (Å²) in [5.41, 5.74) is 5.29. The molecule has 2 N–H and O–H groups in total. The number of rotatable bonds is 2. The lowest BCUT2D eigenvalue weighted by molar-refractivity contribution is 0.100. The zero-order valence-corrected chi connectivity index (χ0v) is 8.75. The van der Waals surface area contributed by atoms with Crippen LogP contribution in [0.1, 0.15) is 10.4 Å². The summed E-state index contributed by atoms with van der Waals surface area (Å²) < 4.78 is 15.2. The van der Waals surface area contributed by atoms with Crippen molar-refractivity contribution in [2.45, 2.75) is 0 Å². The molecule has 76 valence electrons. The Hall–Kier alpha value is -1.43. The number of hydrogen-bond donors (Lipinski definition) is 1. The fourth-order valence-corrected chi connectivity index (χ4v) is 1.43. The number of carbonyl (C=O) groups is 1. The monoisotopic (exact) mass is 213 g/mol. The Labute approximate surface area is 82.5 Å². The maximum Gasteiger partial charge on any atom is 0.252 e. The van der Waals surface area contributed by atoms with Crippen LogP contribution in [-0.4, -0.2) is 27.6 Å². The zero-order chi connectivity index (χ0) is 10.8. The molecular weight excluding hydrogens is 202 g/mol. The third-order valence-corrected chi connectivity index (χ3v) is 1.97. The van der Waals surface area contributed by atoms with Crippen LogP contribution in [0.25, 0.3) is 0 Å². The molecular formula is C8H11N3O2S. The Bertz CT molecular complexity index is 467. The molecule has 0 spiro atoms. The van der Waals surface area contributed by atoms with Gasteiger partial charge >= 0.3 is 0 Å².